The van der Waals surface area contributed by atoms with Crippen molar-refractivity contribution in [2.45, 2.75) is 6.92 Å². The third-order valence-electron chi connectivity index (χ3n) is 2.33. The number of aromatic nitrogens is 2. The fourth-order valence-corrected chi connectivity index (χ4v) is 1.65. The number of hydrogen-bond donors (Lipinski definition) is 2. The van der Waals surface area contributed by atoms with Crippen molar-refractivity contribution >= 4 is 14.1 Å². The van der Waals surface area contributed by atoms with Gasteiger partial charge in [-0.2, -0.15) is 15.8 Å². The minimum atomic E-state index is -2.79. The van der Waals surface area contributed by atoms with Crippen molar-refractivity contribution < 1.29 is 14.1 Å². The molecular weight excluding hydrogens is 267 g/mol. The molecule has 1 atom stereocenters. The van der Waals surface area contributed by atoms with Gasteiger partial charge in [-0.1, -0.05) is 17.7 Å². The number of nitrogens with zero attached hydrogens (tertiary/aromatic N) is 3. The van der Waals surface area contributed by atoms with Gasteiger partial charge in [0.05, 0.1) is 5.69 Å². The summed E-state index contributed by atoms with van der Waals surface area (Å²) in [5.74, 6) is 0.290. The Kier molecular flexibility index (Phi) is 3.88. The molecule has 2 rings (SSSR count). The molecule has 2 aromatic rings. The van der Waals surface area contributed by atoms with Crippen LogP contribution >= 0.6 is 8.25 Å². The highest BCUT2D eigenvalue weighted by atomic mass is 31.1. The molecule has 0 aliphatic rings. The van der Waals surface area contributed by atoms with Gasteiger partial charge >= 0.3 is 8.25 Å². The van der Waals surface area contributed by atoms with Gasteiger partial charge in [0.1, 0.15) is 6.07 Å². The van der Waals surface area contributed by atoms with E-state index in [9.17, 15) is 4.57 Å². The molecule has 0 amide bonds. The van der Waals surface area contributed by atoms with E-state index in [2.05, 4.69) is 15.2 Å². The molecule has 1 aromatic heterocycles. The quantitative estimate of drug-likeness (QED) is 0.655. The van der Waals surface area contributed by atoms with Crippen molar-refractivity contribution in [3.8, 4) is 11.8 Å². The fraction of sp³-hybridized carbons (Fsp3) is 0.0909. The summed E-state index contributed by atoms with van der Waals surface area (Å²) >= 11 is 0. The van der Waals surface area contributed by atoms with E-state index in [4.69, 9.17) is 10.2 Å². The van der Waals surface area contributed by atoms with Crippen molar-refractivity contribution in [2.24, 2.45) is 0 Å². The molecule has 0 aliphatic heterocycles. The van der Waals surface area contributed by atoms with Crippen LogP contribution < -0.4 is 5.48 Å². The maximum atomic E-state index is 10.5. The fourth-order valence-electron chi connectivity index (χ4n) is 1.48. The Morgan fingerprint density at radius 1 is 1.47 bits per heavy atom. The van der Waals surface area contributed by atoms with Crippen LogP contribution in [-0.4, -0.2) is 14.7 Å². The third kappa shape index (κ3) is 3.14. The van der Waals surface area contributed by atoms with Gasteiger partial charge in [0.15, 0.2) is 11.5 Å². The van der Waals surface area contributed by atoms with Crippen LogP contribution in [0.25, 0.3) is 5.69 Å². The number of benzene rings is 1. The number of nitriles is 1. The molecule has 0 fully saturated rings. The second kappa shape index (κ2) is 5.59. The van der Waals surface area contributed by atoms with E-state index < -0.39 is 8.25 Å². The molecule has 0 saturated heterocycles. The molecular formula is C11H10N4O3P+. The summed E-state index contributed by atoms with van der Waals surface area (Å²) in [6.45, 7) is 1.95. The third-order valence-corrected chi connectivity index (χ3v) is 2.58. The van der Waals surface area contributed by atoms with Crippen LogP contribution in [0, 0.1) is 18.3 Å². The Morgan fingerprint density at radius 3 is 2.74 bits per heavy atom. The number of hydrogen-bond acceptors (Lipinski definition) is 5. The van der Waals surface area contributed by atoms with Crippen molar-refractivity contribution in [1.82, 2.24) is 9.78 Å². The van der Waals surface area contributed by atoms with Crippen LogP contribution in [0.2, 0.25) is 0 Å². The van der Waals surface area contributed by atoms with E-state index in [1.54, 1.807) is 0 Å². The van der Waals surface area contributed by atoms with Gasteiger partial charge in [0.2, 0.25) is 0 Å². The lowest BCUT2D eigenvalue weighted by atomic mass is 10.2. The lowest BCUT2D eigenvalue weighted by Gasteiger charge is -2.05. The van der Waals surface area contributed by atoms with Gasteiger partial charge in [0, 0.05) is 15.3 Å². The van der Waals surface area contributed by atoms with Crippen molar-refractivity contribution in [2.75, 3.05) is 5.48 Å². The maximum Gasteiger partial charge on any atom is 0.719 e. The maximum absolute atomic E-state index is 10.5. The number of anilines is 1. The van der Waals surface area contributed by atoms with Gasteiger partial charge in [-0.05, 0) is 19.1 Å². The molecule has 1 unspecified atom stereocenters. The summed E-state index contributed by atoms with van der Waals surface area (Å²) in [5, 5.41) is 12.9. The number of aryl methyl sites for hydroxylation is 1. The molecule has 0 bridgehead atoms. The Balaban J connectivity index is 2.37. The van der Waals surface area contributed by atoms with Crippen LogP contribution in [-0.2, 0) is 9.19 Å². The molecule has 1 heterocycles. The van der Waals surface area contributed by atoms with Crippen LogP contribution in [0.3, 0.4) is 0 Å². The summed E-state index contributed by atoms with van der Waals surface area (Å²) in [7, 11) is -2.79. The highest BCUT2D eigenvalue weighted by molar-refractivity contribution is 7.32. The zero-order valence-electron chi connectivity index (χ0n) is 9.94. The standard InChI is InChI=1S/C11H9N4O3P/c1-8-2-4-10(5-3-8)15-11(14-18-19(16)17)6-9(7-12)13-15/h2-6,14H,1H3/p+1. The second-order valence-corrected chi connectivity index (χ2v) is 4.36. The lowest BCUT2D eigenvalue weighted by Crippen LogP contribution is -2.04. The SMILES string of the molecule is Cc1ccc(-n2nc(C#N)cc2NO[P+](=O)O)cc1. The molecule has 1 aromatic carbocycles. The van der Waals surface area contributed by atoms with Gasteiger partial charge in [-0.15, -0.1) is 4.89 Å². The summed E-state index contributed by atoms with van der Waals surface area (Å²) in [6, 6.07) is 10.7. The monoisotopic (exact) mass is 277 g/mol. The van der Waals surface area contributed by atoms with Crippen LogP contribution in [0.5, 0.6) is 0 Å². The van der Waals surface area contributed by atoms with Crippen LogP contribution in [0.15, 0.2) is 30.3 Å². The summed E-state index contributed by atoms with van der Waals surface area (Å²) in [6.07, 6.45) is 0. The topological polar surface area (TPSA) is 100 Å². The molecule has 7 nitrogen and oxygen atoms in total. The predicted molar refractivity (Wildman–Crippen MR) is 67.5 cm³/mol. The Morgan fingerprint density at radius 2 is 2.16 bits per heavy atom. The first-order chi connectivity index (χ1) is 9.10. The molecule has 0 saturated carbocycles. The summed E-state index contributed by atoms with van der Waals surface area (Å²) in [4.78, 5) is 8.61. The Hall–Kier alpha value is -2.26. The zero-order valence-corrected chi connectivity index (χ0v) is 10.8. The first-order valence-corrected chi connectivity index (χ1v) is 6.39. The van der Waals surface area contributed by atoms with Crippen LogP contribution in [0.4, 0.5) is 5.82 Å². The number of nitrogens with one attached hydrogen (secondary N) is 1. The van der Waals surface area contributed by atoms with E-state index in [-0.39, 0.29) is 11.5 Å². The second-order valence-electron chi connectivity index (χ2n) is 3.71. The average Bonchev–Trinajstić information content (AvgIpc) is 2.80. The molecule has 19 heavy (non-hydrogen) atoms. The van der Waals surface area contributed by atoms with Gasteiger partial charge in [0.25, 0.3) is 0 Å². The lowest BCUT2D eigenvalue weighted by molar-refractivity contribution is 0.336. The zero-order chi connectivity index (χ0) is 13.8. The highest BCUT2D eigenvalue weighted by Gasteiger charge is 2.16. The van der Waals surface area contributed by atoms with Crippen molar-refractivity contribution in [1.29, 1.82) is 5.26 Å². The van der Waals surface area contributed by atoms with Gasteiger partial charge < -0.3 is 0 Å². The van der Waals surface area contributed by atoms with Crippen LogP contribution in [0.1, 0.15) is 11.3 Å². The normalized spacial score (nSPS) is 10.9. The van der Waals surface area contributed by atoms with Crippen molar-refractivity contribution in [3.63, 3.8) is 0 Å². The molecule has 0 aliphatic carbocycles. The smallest absolute Gasteiger partial charge is 0.214 e. The van der Waals surface area contributed by atoms with E-state index in [0.717, 1.165) is 5.56 Å². The van der Waals surface area contributed by atoms with E-state index >= 15 is 0 Å². The van der Waals surface area contributed by atoms with Gasteiger partial charge in [-0.25, -0.2) is 4.68 Å². The first kappa shape index (κ1) is 13.2. The van der Waals surface area contributed by atoms with Gasteiger partial charge in [-0.3, -0.25) is 0 Å². The molecule has 2 N–H and O–H groups in total. The number of rotatable bonds is 4. The predicted octanol–water partition coefficient (Wildman–Crippen LogP) is 2.05. The molecule has 8 heteroatoms. The summed E-state index contributed by atoms with van der Waals surface area (Å²) in [5.41, 5.74) is 4.25. The molecule has 96 valence electrons. The summed E-state index contributed by atoms with van der Waals surface area (Å²) < 4.78 is 16.3. The van der Waals surface area contributed by atoms with Crippen molar-refractivity contribution in [3.05, 3.63) is 41.6 Å². The average molecular weight is 277 g/mol. The first-order valence-electron chi connectivity index (χ1n) is 5.26. The minimum absolute atomic E-state index is 0.167. The highest BCUT2D eigenvalue weighted by Crippen LogP contribution is 2.21. The molecule has 0 spiro atoms. The Labute approximate surface area is 110 Å². The molecule has 0 radical (unpaired) electrons. The van der Waals surface area contributed by atoms with E-state index in [1.165, 1.54) is 10.7 Å². The van der Waals surface area contributed by atoms with E-state index in [1.807, 2.05) is 37.3 Å². The van der Waals surface area contributed by atoms with E-state index in [0.29, 0.717) is 5.69 Å². The Bertz CT molecular complexity index is 645. The minimum Gasteiger partial charge on any atom is -0.214 e. The largest absolute Gasteiger partial charge is 0.719 e.